The predicted molar refractivity (Wildman–Crippen MR) is 127 cm³/mol. The van der Waals surface area contributed by atoms with Crippen molar-refractivity contribution in [3.05, 3.63) is 101 Å². The fraction of sp³-hybridized carbons (Fsp3) is 0.154. The van der Waals surface area contributed by atoms with Gasteiger partial charge in [-0.25, -0.2) is 32.8 Å². The van der Waals surface area contributed by atoms with Gasteiger partial charge in [0.25, 0.3) is 0 Å². The minimum atomic E-state index is -0.587. The number of hydrogen-bond acceptors (Lipinski definition) is 5. The molecule has 0 unspecified atom stereocenters. The van der Waals surface area contributed by atoms with Crippen LogP contribution in [0.4, 0.5) is 19.0 Å². The van der Waals surface area contributed by atoms with Crippen molar-refractivity contribution in [2.75, 3.05) is 11.9 Å². The first-order chi connectivity index (χ1) is 17.0. The Hall–Kier alpha value is -4.27. The lowest BCUT2D eigenvalue weighted by Crippen LogP contribution is -2.11. The number of pyridine rings is 1. The third kappa shape index (κ3) is 4.57. The Bertz CT molecular complexity index is 1510. The van der Waals surface area contributed by atoms with E-state index in [4.69, 9.17) is 0 Å². The zero-order valence-electron chi connectivity index (χ0n) is 18.8. The number of nitrogens with one attached hydrogen (secondary N) is 1. The van der Waals surface area contributed by atoms with Crippen molar-refractivity contribution in [3.63, 3.8) is 0 Å². The lowest BCUT2D eigenvalue weighted by atomic mass is 10.1. The Morgan fingerprint density at radius 3 is 2.31 bits per heavy atom. The highest BCUT2D eigenvalue weighted by atomic mass is 19.1. The summed E-state index contributed by atoms with van der Waals surface area (Å²) in [4.78, 5) is 13.1. The minimum Gasteiger partial charge on any atom is -0.367 e. The number of halogens is 3. The van der Waals surface area contributed by atoms with Gasteiger partial charge in [0, 0.05) is 18.3 Å². The molecule has 0 aliphatic carbocycles. The fourth-order valence-corrected chi connectivity index (χ4v) is 3.87. The van der Waals surface area contributed by atoms with Gasteiger partial charge in [0.1, 0.15) is 17.3 Å². The van der Waals surface area contributed by atoms with Gasteiger partial charge < -0.3 is 5.32 Å². The first-order valence-electron chi connectivity index (χ1n) is 11.1. The second-order valence-electron chi connectivity index (χ2n) is 8.04. The molecule has 35 heavy (non-hydrogen) atoms. The second kappa shape index (κ2) is 9.54. The number of benzene rings is 2. The lowest BCUT2D eigenvalue weighted by Gasteiger charge is -2.10. The van der Waals surface area contributed by atoms with Crippen molar-refractivity contribution >= 4 is 16.9 Å². The Morgan fingerprint density at radius 2 is 1.57 bits per heavy atom. The van der Waals surface area contributed by atoms with Crippen LogP contribution in [0.25, 0.3) is 22.6 Å². The van der Waals surface area contributed by atoms with Crippen molar-refractivity contribution < 1.29 is 13.2 Å². The predicted octanol–water partition coefficient (Wildman–Crippen LogP) is 5.32. The molecule has 0 radical (unpaired) electrons. The fourth-order valence-electron chi connectivity index (χ4n) is 3.87. The quantitative estimate of drug-likeness (QED) is 0.346. The summed E-state index contributed by atoms with van der Waals surface area (Å²) in [5.41, 5.74) is 2.07. The summed E-state index contributed by atoms with van der Waals surface area (Å²) >= 11 is 0. The van der Waals surface area contributed by atoms with E-state index in [1.807, 2.05) is 6.07 Å². The van der Waals surface area contributed by atoms with Crippen LogP contribution in [0, 0.1) is 24.4 Å². The maximum absolute atomic E-state index is 14.8. The smallest absolute Gasteiger partial charge is 0.186 e. The summed E-state index contributed by atoms with van der Waals surface area (Å²) < 4.78 is 44.6. The molecule has 0 aliphatic heterocycles. The molecule has 5 aromatic rings. The first kappa shape index (κ1) is 22.5. The molecule has 3 heterocycles. The molecule has 0 atom stereocenters. The molecule has 5 rings (SSSR count). The summed E-state index contributed by atoms with van der Waals surface area (Å²) in [5, 5.41) is 8.22. The van der Waals surface area contributed by atoms with E-state index < -0.39 is 5.82 Å². The maximum atomic E-state index is 14.8. The maximum Gasteiger partial charge on any atom is 0.186 e. The molecule has 6 nitrogen and oxygen atoms in total. The number of aromatic nitrogens is 5. The van der Waals surface area contributed by atoms with Crippen LogP contribution in [0.15, 0.2) is 66.9 Å². The van der Waals surface area contributed by atoms with Crippen molar-refractivity contribution in [1.29, 1.82) is 0 Å². The molecule has 0 saturated carbocycles. The van der Waals surface area contributed by atoms with Gasteiger partial charge in [-0.1, -0.05) is 36.4 Å². The minimum absolute atomic E-state index is 0.00420. The molecule has 176 valence electrons. The van der Waals surface area contributed by atoms with Crippen molar-refractivity contribution in [3.8, 4) is 11.5 Å². The summed E-state index contributed by atoms with van der Waals surface area (Å²) in [5.74, 6) is -1.03. The van der Waals surface area contributed by atoms with Gasteiger partial charge in [-0.15, -0.1) is 0 Å². The Kier molecular flexibility index (Phi) is 6.13. The van der Waals surface area contributed by atoms with E-state index in [-0.39, 0.29) is 42.1 Å². The van der Waals surface area contributed by atoms with E-state index in [0.717, 1.165) is 0 Å². The van der Waals surface area contributed by atoms with Gasteiger partial charge in [-0.3, -0.25) is 0 Å². The van der Waals surface area contributed by atoms with Crippen LogP contribution in [-0.4, -0.2) is 31.3 Å². The van der Waals surface area contributed by atoms with Gasteiger partial charge in [-0.2, -0.15) is 5.10 Å². The highest BCUT2D eigenvalue weighted by Crippen LogP contribution is 2.27. The van der Waals surface area contributed by atoms with Gasteiger partial charge >= 0.3 is 0 Å². The van der Waals surface area contributed by atoms with Crippen molar-refractivity contribution in [2.24, 2.45) is 0 Å². The summed E-state index contributed by atoms with van der Waals surface area (Å²) in [7, 11) is 0. The lowest BCUT2D eigenvalue weighted by molar-refractivity contribution is 0.589. The topological polar surface area (TPSA) is 68.5 Å². The zero-order valence-corrected chi connectivity index (χ0v) is 18.8. The van der Waals surface area contributed by atoms with E-state index in [1.165, 1.54) is 12.1 Å². The molecular formula is C26H21F3N6. The van der Waals surface area contributed by atoms with Crippen molar-refractivity contribution in [1.82, 2.24) is 24.7 Å². The Balaban J connectivity index is 1.48. The molecular weight excluding hydrogens is 453 g/mol. The van der Waals surface area contributed by atoms with Gasteiger partial charge in [-0.05, 0) is 43.2 Å². The number of rotatable bonds is 7. The number of fused-ring (bicyclic) bond motifs is 1. The number of hydrogen-bond donors (Lipinski definition) is 1. The Labute approximate surface area is 199 Å². The average molecular weight is 474 g/mol. The van der Waals surface area contributed by atoms with Crippen LogP contribution in [0.1, 0.15) is 16.8 Å². The van der Waals surface area contributed by atoms with E-state index in [0.29, 0.717) is 34.3 Å². The molecule has 1 N–H and O–H groups in total. The van der Waals surface area contributed by atoms with Crippen molar-refractivity contribution in [2.45, 2.75) is 19.9 Å². The molecule has 9 heteroatoms. The van der Waals surface area contributed by atoms with Gasteiger partial charge in [0.15, 0.2) is 23.1 Å². The zero-order chi connectivity index (χ0) is 24.4. The van der Waals surface area contributed by atoms with Crippen LogP contribution in [0.2, 0.25) is 0 Å². The molecule has 0 bridgehead atoms. The monoisotopic (exact) mass is 474 g/mol. The number of nitrogens with zero attached hydrogens (tertiary/aromatic N) is 5. The first-order valence-corrected chi connectivity index (χ1v) is 11.1. The van der Waals surface area contributed by atoms with E-state index >= 15 is 0 Å². The highest BCUT2D eigenvalue weighted by Gasteiger charge is 2.20. The molecule has 0 aliphatic rings. The van der Waals surface area contributed by atoms with Crippen LogP contribution in [-0.2, 0) is 13.0 Å². The SMILES string of the molecule is Cc1nc(-c2nn(Cc3ccccc3F)c3ncccc23)nc(NCCc2ccccc2F)c1F. The van der Waals surface area contributed by atoms with Gasteiger partial charge in [0.05, 0.1) is 17.6 Å². The van der Waals surface area contributed by atoms with Crippen LogP contribution in [0.3, 0.4) is 0 Å². The number of anilines is 1. The van der Waals surface area contributed by atoms with Crippen LogP contribution in [0.5, 0.6) is 0 Å². The molecule has 0 fully saturated rings. The molecule has 0 spiro atoms. The molecule has 0 amide bonds. The molecule has 3 aromatic heterocycles. The molecule has 0 saturated heterocycles. The van der Waals surface area contributed by atoms with Crippen LogP contribution >= 0.6 is 0 Å². The Morgan fingerprint density at radius 1 is 0.857 bits per heavy atom. The normalized spacial score (nSPS) is 11.2. The highest BCUT2D eigenvalue weighted by molar-refractivity contribution is 5.89. The summed E-state index contributed by atoms with van der Waals surface area (Å²) in [6.45, 7) is 1.98. The third-order valence-corrected chi connectivity index (χ3v) is 5.66. The molecule has 2 aromatic carbocycles. The third-order valence-electron chi connectivity index (χ3n) is 5.66. The second-order valence-corrected chi connectivity index (χ2v) is 8.04. The number of aryl methyl sites for hydroxylation is 1. The average Bonchev–Trinajstić information content (AvgIpc) is 3.23. The van der Waals surface area contributed by atoms with E-state index in [1.54, 1.807) is 60.3 Å². The van der Waals surface area contributed by atoms with Crippen LogP contribution < -0.4 is 5.32 Å². The van der Waals surface area contributed by atoms with Gasteiger partial charge in [0.2, 0.25) is 0 Å². The largest absolute Gasteiger partial charge is 0.367 e. The standard InChI is InChI=1S/C26H21F3N6/c1-16-22(29)24(30-14-12-17-7-2-4-10-20(17)27)33-25(32-16)23-19-9-6-13-31-26(19)35(34-23)15-18-8-3-5-11-21(18)28/h2-11,13H,12,14-15H2,1H3,(H,30,32,33). The van der Waals surface area contributed by atoms with E-state index in [2.05, 4.69) is 25.4 Å². The summed E-state index contributed by atoms with van der Waals surface area (Å²) in [6, 6.07) is 16.5. The van der Waals surface area contributed by atoms with E-state index in [9.17, 15) is 13.2 Å². The summed E-state index contributed by atoms with van der Waals surface area (Å²) in [6.07, 6.45) is 1.98.